The molecule has 0 bridgehead atoms. The number of hydrogen-bond donors (Lipinski definition) is 6. The zero-order chi connectivity index (χ0) is 53.9. The number of benzene rings is 3. The van der Waals surface area contributed by atoms with Gasteiger partial charge in [-0.3, -0.25) is 19.6 Å². The Balaban J connectivity index is 0.000000841. The number of ether oxygens (including phenoxy) is 1. The first-order chi connectivity index (χ1) is 33.2. The molecule has 0 radical (unpaired) electrons. The number of hydrogen-bond acceptors (Lipinski definition) is 15. The van der Waals surface area contributed by atoms with Gasteiger partial charge < -0.3 is 35.4 Å². The topological polar surface area (TPSA) is 319 Å². The van der Waals surface area contributed by atoms with E-state index in [1.54, 1.807) is 92.1 Å². The van der Waals surface area contributed by atoms with Crippen molar-refractivity contribution >= 4 is 81.6 Å². The Bertz CT molecular complexity index is 2840. The van der Waals surface area contributed by atoms with E-state index >= 15 is 0 Å². The summed E-state index contributed by atoms with van der Waals surface area (Å²) < 4.78 is 75.6. The number of thioether (sulfide) groups is 2. The van der Waals surface area contributed by atoms with Crippen molar-refractivity contribution in [2.75, 3.05) is 25.4 Å². The molecule has 3 aromatic carbocycles. The van der Waals surface area contributed by atoms with Gasteiger partial charge >= 0.3 is 42.0 Å². The van der Waals surface area contributed by atoms with Crippen LogP contribution >= 0.6 is 35.9 Å². The molecule has 0 spiro atoms. The molecule has 0 aliphatic rings. The Kier molecular flexibility index (Phi) is 28.8. The first-order valence-corrected chi connectivity index (χ1v) is 23.3. The maximum absolute atomic E-state index is 12.8. The lowest BCUT2D eigenvalue weighted by molar-refractivity contribution is -0.138. The van der Waals surface area contributed by atoms with Gasteiger partial charge in [0.25, 0.3) is 0 Å². The fourth-order valence-electron chi connectivity index (χ4n) is 4.56. The predicted octanol–water partition coefficient (Wildman–Crippen LogP) is 8.32. The highest BCUT2D eigenvalue weighted by Gasteiger charge is 2.31. The van der Waals surface area contributed by atoms with Crippen LogP contribution in [0, 0.1) is 12.7 Å². The molecule has 3 heterocycles. The summed E-state index contributed by atoms with van der Waals surface area (Å²) in [5, 5.41) is 51.3. The van der Waals surface area contributed by atoms with Crippen molar-refractivity contribution in [3.63, 3.8) is 0 Å². The van der Waals surface area contributed by atoms with Crippen LogP contribution in [0.15, 0.2) is 137 Å². The van der Waals surface area contributed by atoms with E-state index < -0.39 is 68.8 Å². The van der Waals surface area contributed by atoms with Crippen LogP contribution in [0.2, 0.25) is 0 Å². The third kappa shape index (κ3) is 25.3. The number of aromatic nitrogens is 4. The number of aliphatic carboxylic acids is 2. The van der Waals surface area contributed by atoms with Gasteiger partial charge in [0.2, 0.25) is 0 Å². The number of rotatable bonds is 12. The molecule has 19 nitrogen and oxygen atoms in total. The predicted molar refractivity (Wildman–Crippen MR) is 256 cm³/mol. The first-order valence-electron chi connectivity index (χ1n) is 19.2. The molecule has 6 N–H and O–H groups in total. The van der Waals surface area contributed by atoms with E-state index in [0.29, 0.717) is 28.7 Å². The molecule has 72 heavy (non-hydrogen) atoms. The van der Waals surface area contributed by atoms with Crippen LogP contribution in [0.1, 0.15) is 58.3 Å². The summed E-state index contributed by atoms with van der Waals surface area (Å²) >= 11 is 2.65. The highest BCUT2D eigenvalue weighted by molar-refractivity contribution is 7.99. The number of carboxylic acids is 6. The fraction of sp³-hybridized carbons (Fsp3) is 0.156. The van der Waals surface area contributed by atoms with Crippen LogP contribution < -0.4 is 4.74 Å². The van der Waals surface area contributed by atoms with Crippen molar-refractivity contribution in [2.45, 2.75) is 34.5 Å². The quantitative estimate of drug-likeness (QED) is 0.0381. The second-order valence-electron chi connectivity index (χ2n) is 13.1. The molecule has 0 aliphatic heterocycles. The zero-order valence-electron chi connectivity index (χ0n) is 37.8. The van der Waals surface area contributed by atoms with E-state index in [4.69, 9.17) is 35.4 Å². The minimum absolute atomic E-state index is 0. The number of halogens is 5. The number of aryl methyl sites for hydroxylation is 1. The van der Waals surface area contributed by atoms with Gasteiger partial charge in [0.15, 0.2) is 15.0 Å². The first kappa shape index (κ1) is 64.3. The molecule has 3 aromatic heterocycles. The average molecular weight is 1090 g/mol. The lowest BCUT2D eigenvalue weighted by Gasteiger charge is -2.06. The second kappa shape index (κ2) is 32.3. The smallest absolute Gasteiger partial charge is 0.416 e. The van der Waals surface area contributed by atoms with Gasteiger partial charge in [0.05, 0.1) is 52.1 Å². The maximum Gasteiger partial charge on any atom is 0.416 e. The van der Waals surface area contributed by atoms with E-state index in [1.165, 1.54) is 37.4 Å². The minimum atomic E-state index is -4.67. The SMILES string of the molecule is COc1cc(SC)ccc1C(=O)O.CS(=O)(=O)c1ccc(C(=O)O)cc1.Cc1ncccc1C(=O)O.Cl.O=C(O)CSc1ncccn1.O=C(O)Cc1cccnc1.O=C(O)c1ccc(C(F)(F)F)cc1F. The number of sulfone groups is 1. The van der Waals surface area contributed by atoms with Crippen LogP contribution in [0.25, 0.3) is 0 Å². The number of pyridine rings is 2. The summed E-state index contributed by atoms with van der Waals surface area (Å²) in [5.41, 5.74) is -0.168. The maximum atomic E-state index is 12.8. The summed E-state index contributed by atoms with van der Waals surface area (Å²) in [6, 6.07) is 19.6. The van der Waals surface area contributed by atoms with Crippen LogP contribution in [0.5, 0.6) is 5.75 Å². The van der Waals surface area contributed by atoms with Crippen molar-refractivity contribution in [1.82, 2.24) is 19.9 Å². The Morgan fingerprint density at radius 2 is 1.24 bits per heavy atom. The van der Waals surface area contributed by atoms with Gasteiger partial charge in [0, 0.05) is 42.1 Å². The van der Waals surface area contributed by atoms with Crippen molar-refractivity contribution in [3.8, 4) is 5.75 Å². The van der Waals surface area contributed by atoms with E-state index in [9.17, 15) is 54.7 Å². The molecular weight excluding hydrogens is 1040 g/mol. The zero-order valence-corrected chi connectivity index (χ0v) is 41.0. The van der Waals surface area contributed by atoms with E-state index in [-0.39, 0.29) is 52.2 Å². The normalized spacial score (nSPS) is 10.0. The van der Waals surface area contributed by atoms with Crippen molar-refractivity contribution < 1.29 is 90.1 Å². The fourth-order valence-corrected chi connectivity index (χ4v) is 6.14. The summed E-state index contributed by atoms with van der Waals surface area (Å²) in [4.78, 5) is 78.4. The number of methoxy groups -OCH3 is 1. The van der Waals surface area contributed by atoms with Crippen molar-refractivity contribution in [3.05, 3.63) is 167 Å². The Morgan fingerprint density at radius 1 is 0.681 bits per heavy atom. The highest BCUT2D eigenvalue weighted by atomic mass is 35.5. The number of alkyl halides is 3. The highest BCUT2D eigenvalue weighted by Crippen LogP contribution is 2.30. The third-order valence-corrected chi connectivity index (χ3v) is 10.6. The molecule has 6 rings (SSSR count). The molecular formula is C45H43ClF4N4O15S3. The third-order valence-electron chi connectivity index (χ3n) is 7.88. The van der Waals surface area contributed by atoms with Crippen LogP contribution in [-0.4, -0.2) is 120 Å². The standard InChI is InChI=1S/C9H10O3S.C8H4F4O2.C8H8O4S.2C7H7NO2.C6H6N2O2S.ClH/c1-12-8-5-6(13-2)3-4-7(8)9(10)11;9-6-3-4(8(10,11)12)1-2-5(6)7(13)14;1-13(11,12)7-4-2-6(3-5-7)8(9)10;1-5-6(7(9)10)3-2-4-8-5;9-7(10)4-6-2-1-3-8-5-6;9-5(10)4-11-6-7-2-1-3-8-6;/h3-5H,1-2H3,(H,10,11);1-3H,(H,13,14);2-5H,1H3,(H,9,10);2-4H,1H3,(H,9,10);1-3,5H,4H2,(H,9,10);1-3H,4H2,(H,9,10);1H. The molecule has 0 aliphatic carbocycles. The summed E-state index contributed by atoms with van der Waals surface area (Å²) in [5.74, 6) is -7.24. The molecule has 0 saturated carbocycles. The molecule has 0 unspecified atom stereocenters. The summed E-state index contributed by atoms with van der Waals surface area (Å²) in [6.45, 7) is 1.67. The van der Waals surface area contributed by atoms with Gasteiger partial charge in [-0.15, -0.1) is 24.2 Å². The molecule has 6 aromatic rings. The van der Waals surface area contributed by atoms with Crippen LogP contribution in [0.4, 0.5) is 17.6 Å². The summed E-state index contributed by atoms with van der Waals surface area (Å²) in [7, 11) is -1.77. The van der Waals surface area contributed by atoms with Gasteiger partial charge in [0.1, 0.15) is 17.1 Å². The van der Waals surface area contributed by atoms with Crippen molar-refractivity contribution in [2.24, 2.45) is 0 Å². The van der Waals surface area contributed by atoms with E-state index in [2.05, 4.69) is 19.9 Å². The lowest BCUT2D eigenvalue weighted by Crippen LogP contribution is -2.08. The number of carbonyl (C=O) groups is 6. The Hall–Kier alpha value is -7.68. The van der Waals surface area contributed by atoms with E-state index in [1.807, 2.05) is 6.26 Å². The Morgan fingerprint density at radius 3 is 1.65 bits per heavy atom. The van der Waals surface area contributed by atoms with Crippen molar-refractivity contribution in [1.29, 1.82) is 0 Å². The molecule has 0 atom stereocenters. The van der Waals surface area contributed by atoms with Gasteiger partial charge in [-0.1, -0.05) is 17.8 Å². The van der Waals surface area contributed by atoms with Crippen LogP contribution in [0.3, 0.4) is 0 Å². The van der Waals surface area contributed by atoms with Gasteiger partial charge in [-0.2, -0.15) is 13.2 Å². The van der Waals surface area contributed by atoms with E-state index in [0.717, 1.165) is 28.5 Å². The minimum Gasteiger partial charge on any atom is -0.496 e. The molecule has 0 amide bonds. The number of carboxylic acid groups (broad SMARTS) is 6. The Labute approximate surface area is 422 Å². The lowest BCUT2D eigenvalue weighted by atomic mass is 10.1. The number of nitrogens with zero attached hydrogens (tertiary/aromatic N) is 4. The largest absolute Gasteiger partial charge is 0.496 e. The van der Waals surface area contributed by atoms with Crippen LogP contribution in [-0.2, 0) is 32.0 Å². The monoisotopic (exact) mass is 1090 g/mol. The summed E-state index contributed by atoms with van der Waals surface area (Å²) in [6.07, 6.45) is 6.28. The molecule has 0 fully saturated rings. The second-order valence-corrected chi connectivity index (χ2v) is 16.9. The molecule has 0 saturated heterocycles. The van der Waals surface area contributed by atoms with Gasteiger partial charge in [-0.05, 0) is 104 Å². The molecule has 386 valence electrons. The number of aromatic carboxylic acids is 4. The molecule has 27 heteroatoms. The van der Waals surface area contributed by atoms with Gasteiger partial charge in [-0.25, -0.2) is 42.0 Å². The average Bonchev–Trinajstić information content (AvgIpc) is 3.31.